The maximum absolute atomic E-state index is 14.9. The van der Waals surface area contributed by atoms with Crippen LogP contribution in [0.4, 0.5) is 0 Å². The van der Waals surface area contributed by atoms with Crippen molar-refractivity contribution in [1.29, 1.82) is 0 Å². The maximum atomic E-state index is 14.9. The highest BCUT2D eigenvalue weighted by atomic mass is 32.2. The minimum atomic E-state index is -3.97. The Kier molecular flexibility index (Phi) is 8.53. The highest BCUT2D eigenvalue weighted by molar-refractivity contribution is 7.87. The van der Waals surface area contributed by atoms with Gasteiger partial charge in [-0.1, -0.05) is 55.2 Å². The Morgan fingerprint density at radius 2 is 1.63 bits per heavy atom. The van der Waals surface area contributed by atoms with E-state index >= 15 is 0 Å². The SMILES string of the molecule is COc1ccc2c(c1)C1CC1(C(=O)N1CCC(c3ccc(C)cc3)CC1)Cn1c-2c(C2CCCCC2)c2ccc(C(=O)NS(=O)(=O)N(C)C)cc21. The third-order valence-electron chi connectivity index (χ3n) is 12.2. The van der Waals surface area contributed by atoms with Crippen molar-refractivity contribution in [1.82, 2.24) is 18.5 Å². The van der Waals surface area contributed by atoms with Crippen LogP contribution in [-0.2, 0) is 21.5 Å². The molecule has 1 N–H and O–H groups in total. The minimum absolute atomic E-state index is 0.0517. The predicted octanol–water partition coefficient (Wildman–Crippen LogP) is 7.10. The fourth-order valence-corrected chi connectivity index (χ4v) is 9.79. The highest BCUT2D eigenvalue weighted by Gasteiger charge is 2.64. The van der Waals surface area contributed by atoms with Gasteiger partial charge in [-0.2, -0.15) is 12.7 Å². The number of aromatic nitrogens is 1. The second-order valence-electron chi connectivity index (χ2n) is 15.5. The van der Waals surface area contributed by atoms with Gasteiger partial charge in [-0.3, -0.25) is 9.59 Å². The molecule has 0 bridgehead atoms. The van der Waals surface area contributed by atoms with Crippen LogP contribution in [0.2, 0.25) is 0 Å². The second-order valence-corrected chi connectivity index (χ2v) is 17.4. The van der Waals surface area contributed by atoms with Crippen LogP contribution in [0.1, 0.15) is 102 Å². The van der Waals surface area contributed by atoms with Gasteiger partial charge in [0.15, 0.2) is 0 Å². The first-order chi connectivity index (χ1) is 24.5. The number of rotatable bonds is 7. The number of carbonyl (C=O) groups is 2. The Labute approximate surface area is 301 Å². The summed E-state index contributed by atoms with van der Waals surface area (Å²) in [6.07, 6.45) is 8.37. The molecule has 2 atom stereocenters. The first-order valence-electron chi connectivity index (χ1n) is 18.5. The molecule has 0 spiro atoms. The van der Waals surface area contributed by atoms with E-state index < -0.39 is 21.5 Å². The lowest BCUT2D eigenvalue weighted by Gasteiger charge is -2.35. The number of piperidine rings is 1. The topological polar surface area (TPSA) is 101 Å². The van der Waals surface area contributed by atoms with Gasteiger partial charge in [0.05, 0.1) is 18.2 Å². The molecule has 3 fully saturated rings. The lowest BCUT2D eigenvalue weighted by atomic mass is 9.81. The molecule has 3 aromatic carbocycles. The van der Waals surface area contributed by atoms with E-state index in [1.807, 2.05) is 18.2 Å². The minimum Gasteiger partial charge on any atom is -0.497 e. The molecule has 8 rings (SSSR count). The predicted molar refractivity (Wildman–Crippen MR) is 199 cm³/mol. The summed E-state index contributed by atoms with van der Waals surface area (Å²) in [6, 6.07) is 20.7. The molecule has 2 amide bonds. The molecule has 2 saturated carbocycles. The number of hydrogen-bond acceptors (Lipinski definition) is 5. The Morgan fingerprint density at radius 1 is 0.902 bits per heavy atom. The van der Waals surface area contributed by atoms with Crippen molar-refractivity contribution >= 4 is 32.9 Å². The summed E-state index contributed by atoms with van der Waals surface area (Å²) >= 11 is 0. The molecular weight excluding hydrogens is 661 g/mol. The maximum Gasteiger partial charge on any atom is 0.303 e. The van der Waals surface area contributed by atoms with Crippen molar-refractivity contribution in [2.24, 2.45) is 5.41 Å². The third-order valence-corrected chi connectivity index (χ3v) is 13.6. The molecule has 2 aliphatic carbocycles. The fraction of sp³-hybridized carbons (Fsp3) is 0.463. The van der Waals surface area contributed by atoms with Crippen LogP contribution >= 0.6 is 0 Å². The Bertz CT molecular complexity index is 2120. The summed E-state index contributed by atoms with van der Waals surface area (Å²) in [5, 5.41) is 1.08. The summed E-state index contributed by atoms with van der Waals surface area (Å²) in [4.78, 5) is 30.4. The Balaban J connectivity index is 1.23. The van der Waals surface area contributed by atoms with E-state index in [4.69, 9.17) is 4.74 Å². The van der Waals surface area contributed by atoms with E-state index in [2.05, 4.69) is 57.5 Å². The second kappa shape index (κ2) is 12.8. The van der Waals surface area contributed by atoms with Crippen LogP contribution in [-0.4, -0.2) is 68.3 Å². The number of carbonyl (C=O) groups excluding carboxylic acids is 2. The highest BCUT2D eigenvalue weighted by Crippen LogP contribution is 2.66. The van der Waals surface area contributed by atoms with E-state index in [9.17, 15) is 18.0 Å². The summed E-state index contributed by atoms with van der Waals surface area (Å²) < 4.78 is 36.5. The zero-order chi connectivity index (χ0) is 35.7. The molecule has 51 heavy (non-hydrogen) atoms. The van der Waals surface area contributed by atoms with Gasteiger partial charge in [-0.05, 0) is 97.9 Å². The number of ether oxygens (including phenoxy) is 1. The van der Waals surface area contributed by atoms with E-state index in [0.717, 1.165) is 83.0 Å². The lowest BCUT2D eigenvalue weighted by Crippen LogP contribution is -2.44. The van der Waals surface area contributed by atoms with Crippen LogP contribution in [0, 0.1) is 12.3 Å². The van der Waals surface area contributed by atoms with Crippen molar-refractivity contribution in [3.05, 3.63) is 88.5 Å². The lowest BCUT2D eigenvalue weighted by molar-refractivity contribution is -0.138. The number of fused-ring (bicyclic) bond motifs is 7. The van der Waals surface area contributed by atoms with Crippen LogP contribution < -0.4 is 9.46 Å². The fourth-order valence-electron chi connectivity index (χ4n) is 9.26. The number of hydrogen-bond donors (Lipinski definition) is 1. The zero-order valence-electron chi connectivity index (χ0n) is 30.1. The average Bonchev–Trinajstić information content (AvgIpc) is 3.81. The van der Waals surface area contributed by atoms with E-state index in [-0.39, 0.29) is 17.4 Å². The van der Waals surface area contributed by atoms with Crippen LogP contribution in [0.25, 0.3) is 22.2 Å². The molecule has 9 nitrogen and oxygen atoms in total. The van der Waals surface area contributed by atoms with E-state index in [0.29, 0.717) is 18.4 Å². The summed E-state index contributed by atoms with van der Waals surface area (Å²) in [5.41, 5.74) is 7.83. The van der Waals surface area contributed by atoms with Crippen molar-refractivity contribution in [2.75, 3.05) is 34.3 Å². The molecule has 1 aromatic heterocycles. The number of amides is 2. The van der Waals surface area contributed by atoms with Crippen molar-refractivity contribution in [3.8, 4) is 17.0 Å². The van der Waals surface area contributed by atoms with Crippen molar-refractivity contribution in [2.45, 2.75) is 82.6 Å². The Morgan fingerprint density at radius 3 is 2.31 bits per heavy atom. The number of aryl methyl sites for hydroxylation is 1. The molecule has 10 heteroatoms. The molecule has 268 valence electrons. The number of nitrogens with zero attached hydrogens (tertiary/aromatic N) is 3. The first kappa shape index (κ1) is 34.0. The van der Waals surface area contributed by atoms with Crippen LogP contribution in [0.5, 0.6) is 5.75 Å². The van der Waals surface area contributed by atoms with Gasteiger partial charge >= 0.3 is 10.2 Å². The molecule has 1 saturated heterocycles. The summed E-state index contributed by atoms with van der Waals surface area (Å²) in [6.45, 7) is 4.08. The zero-order valence-corrected chi connectivity index (χ0v) is 30.9. The molecule has 3 heterocycles. The monoisotopic (exact) mass is 708 g/mol. The van der Waals surface area contributed by atoms with Gasteiger partial charge < -0.3 is 14.2 Å². The Hall–Kier alpha value is -4.15. The molecule has 4 aromatic rings. The summed E-state index contributed by atoms with van der Waals surface area (Å²) in [7, 11) is 0.497. The number of methoxy groups -OCH3 is 1. The van der Waals surface area contributed by atoms with Gasteiger partial charge in [-0.25, -0.2) is 4.72 Å². The average molecular weight is 709 g/mol. The van der Waals surface area contributed by atoms with E-state index in [1.165, 1.54) is 50.0 Å². The quantitative estimate of drug-likeness (QED) is 0.221. The van der Waals surface area contributed by atoms with Gasteiger partial charge in [0.2, 0.25) is 5.91 Å². The van der Waals surface area contributed by atoms with Crippen molar-refractivity contribution in [3.63, 3.8) is 0 Å². The normalized spacial score (nSPS) is 22.2. The summed E-state index contributed by atoms with van der Waals surface area (Å²) in [5.74, 6) is 1.17. The van der Waals surface area contributed by atoms with Gasteiger partial charge in [0.25, 0.3) is 5.91 Å². The van der Waals surface area contributed by atoms with Crippen LogP contribution in [0.3, 0.4) is 0 Å². The van der Waals surface area contributed by atoms with E-state index in [1.54, 1.807) is 13.2 Å². The largest absolute Gasteiger partial charge is 0.497 e. The molecular formula is C41H48N4O5S. The standard InChI is InChI=1S/C41H48N4O5S/c1-26-10-12-27(13-11-26)28-18-20-44(21-19-28)40(47)41-24-35(41)34-23-31(50-4)15-17-32(34)38-37(29-8-6-5-7-9-29)33-16-14-30(22-36(33)45(38)25-41)39(46)42-51(48,49)43(2)3/h10-17,22-23,28-29,35H,5-9,18-21,24-25H2,1-4H3,(H,42,46). The van der Waals surface area contributed by atoms with Crippen LogP contribution in [0.15, 0.2) is 60.7 Å². The number of nitrogens with one attached hydrogen (secondary N) is 1. The third kappa shape index (κ3) is 5.84. The van der Waals surface area contributed by atoms with Gasteiger partial charge in [0.1, 0.15) is 5.75 Å². The van der Waals surface area contributed by atoms with Gasteiger partial charge in [-0.15, -0.1) is 0 Å². The first-order valence-corrected chi connectivity index (χ1v) is 19.9. The smallest absolute Gasteiger partial charge is 0.303 e. The van der Waals surface area contributed by atoms with Gasteiger partial charge in [0, 0.05) is 61.7 Å². The molecule has 0 radical (unpaired) electrons. The van der Waals surface area contributed by atoms with Crippen molar-refractivity contribution < 1.29 is 22.7 Å². The molecule has 2 unspecified atom stereocenters. The number of benzene rings is 3. The molecule has 4 aliphatic rings. The molecule has 2 aliphatic heterocycles. The number of likely N-dealkylation sites (tertiary alicyclic amines) is 1.